The molecule has 0 heterocycles. The molecule has 1 unspecified atom stereocenters. The van der Waals surface area contributed by atoms with Gasteiger partial charge in [-0.15, -0.1) is 0 Å². The lowest BCUT2D eigenvalue weighted by Gasteiger charge is -2.19. The SMILES string of the molecule is CNC(C)(C#N)CC1CC1. The standard InChI is InChI=1S/C8H14N2/c1-8(6-9,10-2)5-7-3-4-7/h7,10H,3-5H2,1-2H3. The van der Waals surface area contributed by atoms with Crippen LogP contribution in [0.5, 0.6) is 0 Å². The van der Waals surface area contributed by atoms with Crippen molar-refractivity contribution in [2.24, 2.45) is 5.92 Å². The lowest BCUT2D eigenvalue weighted by Crippen LogP contribution is -2.38. The van der Waals surface area contributed by atoms with E-state index in [1.54, 1.807) is 0 Å². The van der Waals surface area contributed by atoms with Gasteiger partial charge in [-0.1, -0.05) is 12.8 Å². The molecule has 1 atom stereocenters. The van der Waals surface area contributed by atoms with Crippen LogP contribution in [-0.2, 0) is 0 Å². The van der Waals surface area contributed by atoms with E-state index in [1.165, 1.54) is 12.8 Å². The van der Waals surface area contributed by atoms with Gasteiger partial charge in [-0.05, 0) is 26.3 Å². The van der Waals surface area contributed by atoms with Crippen LogP contribution >= 0.6 is 0 Å². The first-order valence-electron chi connectivity index (χ1n) is 3.80. The van der Waals surface area contributed by atoms with Gasteiger partial charge < -0.3 is 5.32 Å². The summed E-state index contributed by atoms with van der Waals surface area (Å²) < 4.78 is 0. The second-order valence-electron chi connectivity index (χ2n) is 3.34. The summed E-state index contributed by atoms with van der Waals surface area (Å²) in [5.74, 6) is 0.817. The monoisotopic (exact) mass is 138 g/mol. The van der Waals surface area contributed by atoms with Gasteiger partial charge in [0.25, 0.3) is 0 Å². The van der Waals surface area contributed by atoms with Gasteiger partial charge in [0.2, 0.25) is 0 Å². The first-order chi connectivity index (χ1) is 4.70. The average Bonchev–Trinajstić information content (AvgIpc) is 2.72. The second-order valence-corrected chi connectivity index (χ2v) is 3.34. The molecule has 0 radical (unpaired) electrons. The highest BCUT2D eigenvalue weighted by Crippen LogP contribution is 2.36. The minimum Gasteiger partial charge on any atom is -0.303 e. The van der Waals surface area contributed by atoms with Crippen molar-refractivity contribution in [2.45, 2.75) is 31.7 Å². The molecule has 56 valence electrons. The summed E-state index contributed by atoms with van der Waals surface area (Å²) in [5.41, 5.74) is -0.277. The van der Waals surface area contributed by atoms with Crippen molar-refractivity contribution in [3.8, 4) is 6.07 Å². The molecular weight excluding hydrogens is 124 g/mol. The van der Waals surface area contributed by atoms with Gasteiger partial charge in [0, 0.05) is 0 Å². The smallest absolute Gasteiger partial charge is 0.103 e. The van der Waals surface area contributed by atoms with E-state index >= 15 is 0 Å². The van der Waals surface area contributed by atoms with Gasteiger partial charge in [0.1, 0.15) is 5.54 Å². The van der Waals surface area contributed by atoms with Crippen molar-refractivity contribution >= 4 is 0 Å². The lowest BCUT2D eigenvalue weighted by atomic mass is 9.97. The summed E-state index contributed by atoms with van der Waals surface area (Å²) in [6.45, 7) is 1.96. The molecule has 0 amide bonds. The molecule has 0 aromatic rings. The van der Waals surface area contributed by atoms with Crippen LogP contribution in [0.3, 0.4) is 0 Å². The van der Waals surface area contributed by atoms with E-state index in [-0.39, 0.29) is 5.54 Å². The Bertz CT molecular complexity index is 155. The zero-order chi connectivity index (χ0) is 7.61. The number of rotatable bonds is 3. The third-order valence-electron chi connectivity index (χ3n) is 2.19. The van der Waals surface area contributed by atoms with Gasteiger partial charge >= 0.3 is 0 Å². The fourth-order valence-corrected chi connectivity index (χ4v) is 1.10. The lowest BCUT2D eigenvalue weighted by molar-refractivity contribution is 0.429. The van der Waals surface area contributed by atoms with Crippen LogP contribution in [-0.4, -0.2) is 12.6 Å². The van der Waals surface area contributed by atoms with E-state index in [2.05, 4.69) is 11.4 Å². The van der Waals surface area contributed by atoms with E-state index in [0.717, 1.165) is 12.3 Å². The predicted octanol–water partition coefficient (Wildman–Crippen LogP) is 1.29. The minimum absolute atomic E-state index is 0.277. The Morgan fingerprint density at radius 1 is 1.70 bits per heavy atom. The highest BCUT2D eigenvalue weighted by Gasteiger charge is 2.31. The van der Waals surface area contributed by atoms with Crippen LogP contribution < -0.4 is 5.32 Å². The second kappa shape index (κ2) is 2.59. The zero-order valence-electron chi connectivity index (χ0n) is 6.65. The summed E-state index contributed by atoms with van der Waals surface area (Å²) in [6.07, 6.45) is 3.65. The van der Waals surface area contributed by atoms with Gasteiger partial charge in [0.15, 0.2) is 0 Å². The number of nitrogens with one attached hydrogen (secondary N) is 1. The molecule has 2 heteroatoms. The van der Waals surface area contributed by atoms with Gasteiger partial charge in [0.05, 0.1) is 6.07 Å². The Labute approximate surface area is 62.2 Å². The van der Waals surface area contributed by atoms with E-state index in [0.29, 0.717) is 0 Å². The molecule has 2 nitrogen and oxygen atoms in total. The molecule has 0 aliphatic heterocycles. The summed E-state index contributed by atoms with van der Waals surface area (Å²) in [6, 6.07) is 2.29. The molecule has 0 aromatic carbocycles. The quantitative estimate of drug-likeness (QED) is 0.637. The largest absolute Gasteiger partial charge is 0.303 e. The van der Waals surface area contributed by atoms with Gasteiger partial charge in [-0.25, -0.2) is 0 Å². The maximum absolute atomic E-state index is 8.75. The molecule has 1 rings (SSSR count). The van der Waals surface area contributed by atoms with Gasteiger partial charge in [-0.3, -0.25) is 0 Å². The summed E-state index contributed by atoms with van der Waals surface area (Å²) in [5, 5.41) is 11.8. The van der Waals surface area contributed by atoms with Crippen LogP contribution in [0.15, 0.2) is 0 Å². The third kappa shape index (κ3) is 1.71. The Balaban J connectivity index is 2.39. The Morgan fingerprint density at radius 2 is 2.30 bits per heavy atom. The maximum Gasteiger partial charge on any atom is 0.103 e. The maximum atomic E-state index is 8.75. The van der Waals surface area contributed by atoms with E-state index < -0.39 is 0 Å². The molecule has 0 bridgehead atoms. The minimum atomic E-state index is -0.277. The third-order valence-corrected chi connectivity index (χ3v) is 2.19. The molecule has 1 saturated carbocycles. The van der Waals surface area contributed by atoms with Crippen LogP contribution in [0.2, 0.25) is 0 Å². The van der Waals surface area contributed by atoms with Crippen molar-refractivity contribution < 1.29 is 0 Å². The fraction of sp³-hybridized carbons (Fsp3) is 0.875. The highest BCUT2D eigenvalue weighted by molar-refractivity contribution is 5.05. The van der Waals surface area contributed by atoms with Crippen molar-refractivity contribution in [3.05, 3.63) is 0 Å². The van der Waals surface area contributed by atoms with Crippen LogP contribution in [0.1, 0.15) is 26.2 Å². The molecule has 10 heavy (non-hydrogen) atoms. The molecule has 1 aliphatic rings. The fourth-order valence-electron chi connectivity index (χ4n) is 1.10. The summed E-state index contributed by atoms with van der Waals surface area (Å²) >= 11 is 0. The van der Waals surface area contributed by atoms with E-state index in [9.17, 15) is 0 Å². The number of nitriles is 1. The summed E-state index contributed by atoms with van der Waals surface area (Å²) in [7, 11) is 1.85. The predicted molar refractivity (Wildman–Crippen MR) is 40.4 cm³/mol. The highest BCUT2D eigenvalue weighted by atomic mass is 14.9. The number of hydrogen-bond donors (Lipinski definition) is 1. The van der Waals surface area contributed by atoms with E-state index in [4.69, 9.17) is 5.26 Å². The molecular formula is C8H14N2. The molecule has 0 spiro atoms. The number of hydrogen-bond acceptors (Lipinski definition) is 2. The molecule has 0 aromatic heterocycles. The number of nitrogens with zero attached hydrogens (tertiary/aromatic N) is 1. The van der Waals surface area contributed by atoms with E-state index in [1.807, 2.05) is 14.0 Å². The van der Waals surface area contributed by atoms with Gasteiger partial charge in [-0.2, -0.15) is 5.26 Å². The summed E-state index contributed by atoms with van der Waals surface area (Å²) in [4.78, 5) is 0. The molecule has 1 fully saturated rings. The first-order valence-corrected chi connectivity index (χ1v) is 3.80. The Morgan fingerprint density at radius 3 is 2.60 bits per heavy atom. The normalized spacial score (nSPS) is 23.3. The van der Waals surface area contributed by atoms with Crippen molar-refractivity contribution in [1.29, 1.82) is 5.26 Å². The van der Waals surface area contributed by atoms with Crippen molar-refractivity contribution in [2.75, 3.05) is 7.05 Å². The van der Waals surface area contributed by atoms with Crippen LogP contribution in [0.25, 0.3) is 0 Å². The zero-order valence-corrected chi connectivity index (χ0v) is 6.65. The first kappa shape index (κ1) is 7.56. The van der Waals surface area contributed by atoms with Crippen molar-refractivity contribution in [1.82, 2.24) is 5.32 Å². The van der Waals surface area contributed by atoms with Crippen molar-refractivity contribution in [3.63, 3.8) is 0 Å². The van der Waals surface area contributed by atoms with Crippen LogP contribution in [0.4, 0.5) is 0 Å². The molecule has 1 N–H and O–H groups in total. The molecule has 1 aliphatic carbocycles. The van der Waals surface area contributed by atoms with Crippen LogP contribution in [0, 0.1) is 17.2 Å². The average molecular weight is 138 g/mol. The Kier molecular flexibility index (Phi) is 1.96. The topological polar surface area (TPSA) is 35.8 Å². The molecule has 0 saturated heterocycles. The Hall–Kier alpha value is -0.550.